The zero-order valence-corrected chi connectivity index (χ0v) is 13.0. The van der Waals surface area contributed by atoms with Crippen LogP contribution in [0.5, 0.6) is 5.75 Å². The van der Waals surface area contributed by atoms with E-state index >= 15 is 0 Å². The average molecular weight is 290 g/mol. The molecule has 0 radical (unpaired) electrons. The van der Waals surface area contributed by atoms with E-state index in [-0.39, 0.29) is 5.91 Å². The lowest BCUT2D eigenvalue weighted by atomic mass is 9.98. The highest BCUT2D eigenvalue weighted by molar-refractivity contribution is 5.86. The van der Waals surface area contributed by atoms with Crippen LogP contribution in [-0.4, -0.2) is 24.6 Å². The van der Waals surface area contributed by atoms with Crippen molar-refractivity contribution in [2.45, 2.75) is 51.0 Å². The van der Waals surface area contributed by atoms with Crippen LogP contribution in [-0.2, 0) is 4.79 Å². The summed E-state index contributed by atoms with van der Waals surface area (Å²) in [5.74, 6) is 1.31. The summed E-state index contributed by atoms with van der Waals surface area (Å²) >= 11 is 0. The number of hydrogen-bond acceptors (Lipinski definition) is 3. The summed E-state index contributed by atoms with van der Waals surface area (Å²) in [4.78, 5) is 12.0. The maximum Gasteiger partial charge on any atom is 0.240 e. The lowest BCUT2D eigenvalue weighted by molar-refractivity contribution is -0.126. The average Bonchev–Trinajstić information content (AvgIpc) is 2.92. The zero-order chi connectivity index (χ0) is 15.3. The lowest BCUT2D eigenvalue weighted by Crippen LogP contribution is -2.52. The van der Waals surface area contributed by atoms with Gasteiger partial charge in [-0.1, -0.05) is 38.8 Å². The van der Waals surface area contributed by atoms with Gasteiger partial charge in [-0.25, -0.2) is 0 Å². The Balaban J connectivity index is 1.71. The van der Waals surface area contributed by atoms with Crippen LogP contribution in [0.2, 0.25) is 0 Å². The van der Waals surface area contributed by atoms with Crippen molar-refractivity contribution in [2.24, 2.45) is 5.73 Å². The fourth-order valence-corrected chi connectivity index (χ4v) is 2.69. The van der Waals surface area contributed by atoms with Gasteiger partial charge in [0.25, 0.3) is 0 Å². The van der Waals surface area contributed by atoms with Crippen molar-refractivity contribution in [3.8, 4) is 5.75 Å². The van der Waals surface area contributed by atoms with E-state index in [2.05, 4.69) is 31.3 Å². The van der Waals surface area contributed by atoms with E-state index in [1.54, 1.807) is 0 Å². The predicted molar refractivity (Wildman–Crippen MR) is 84.4 cm³/mol. The molecule has 0 unspecified atom stereocenters. The fourth-order valence-electron chi connectivity index (χ4n) is 2.69. The van der Waals surface area contributed by atoms with Gasteiger partial charge in [0.05, 0.1) is 12.1 Å². The Morgan fingerprint density at radius 2 is 1.90 bits per heavy atom. The standard InChI is InChI=1S/C17H26N2O2/c1-13(2)14-5-7-15(8-6-14)21-12-11-19-16(20)17(18)9-3-4-10-17/h5-8,13H,3-4,9-12,18H2,1-2H3,(H,19,20). The molecule has 0 aromatic heterocycles. The van der Waals surface area contributed by atoms with Crippen LogP contribution in [0, 0.1) is 0 Å². The molecular formula is C17H26N2O2. The summed E-state index contributed by atoms with van der Waals surface area (Å²) in [5.41, 5.74) is 6.73. The van der Waals surface area contributed by atoms with Gasteiger partial charge in [0.15, 0.2) is 0 Å². The predicted octanol–water partition coefficient (Wildman–Crippen LogP) is 2.58. The Labute approximate surface area is 127 Å². The molecule has 1 saturated carbocycles. The van der Waals surface area contributed by atoms with E-state index in [0.717, 1.165) is 31.4 Å². The quantitative estimate of drug-likeness (QED) is 0.791. The number of rotatable bonds is 6. The number of amides is 1. The van der Waals surface area contributed by atoms with Gasteiger partial charge in [-0.2, -0.15) is 0 Å². The number of carbonyl (C=O) groups excluding carboxylic acids is 1. The van der Waals surface area contributed by atoms with Crippen molar-refractivity contribution in [3.63, 3.8) is 0 Å². The first-order chi connectivity index (χ1) is 10.0. The molecule has 1 amide bonds. The highest BCUT2D eigenvalue weighted by atomic mass is 16.5. The summed E-state index contributed by atoms with van der Waals surface area (Å²) in [6.07, 6.45) is 3.66. The molecule has 2 rings (SSSR count). The number of carbonyl (C=O) groups is 1. The van der Waals surface area contributed by atoms with Crippen molar-refractivity contribution >= 4 is 5.91 Å². The van der Waals surface area contributed by atoms with Gasteiger partial charge in [0, 0.05) is 0 Å². The Morgan fingerprint density at radius 3 is 2.48 bits per heavy atom. The molecule has 0 bridgehead atoms. The molecule has 1 aromatic carbocycles. The lowest BCUT2D eigenvalue weighted by Gasteiger charge is -2.22. The normalized spacial score (nSPS) is 17.0. The number of hydrogen-bond donors (Lipinski definition) is 2. The first kappa shape index (κ1) is 15.8. The van der Waals surface area contributed by atoms with Crippen LogP contribution in [0.15, 0.2) is 24.3 Å². The van der Waals surface area contributed by atoms with Gasteiger partial charge >= 0.3 is 0 Å². The minimum atomic E-state index is -0.654. The summed E-state index contributed by atoms with van der Waals surface area (Å²) < 4.78 is 5.63. The molecule has 3 N–H and O–H groups in total. The van der Waals surface area contributed by atoms with Gasteiger partial charge in [0.2, 0.25) is 5.91 Å². The van der Waals surface area contributed by atoms with Crippen molar-refractivity contribution in [3.05, 3.63) is 29.8 Å². The third-order valence-electron chi connectivity index (χ3n) is 4.15. The highest BCUT2D eigenvalue weighted by Crippen LogP contribution is 2.27. The third-order valence-corrected chi connectivity index (χ3v) is 4.15. The van der Waals surface area contributed by atoms with Crippen LogP contribution >= 0.6 is 0 Å². The minimum Gasteiger partial charge on any atom is -0.492 e. The summed E-state index contributed by atoms with van der Waals surface area (Å²) in [6.45, 7) is 5.28. The monoisotopic (exact) mass is 290 g/mol. The van der Waals surface area contributed by atoms with E-state index in [4.69, 9.17) is 10.5 Å². The van der Waals surface area contributed by atoms with E-state index in [1.807, 2.05) is 12.1 Å². The molecule has 1 aliphatic rings. The fraction of sp³-hybridized carbons (Fsp3) is 0.588. The first-order valence-corrected chi connectivity index (χ1v) is 7.81. The van der Waals surface area contributed by atoms with Crippen LogP contribution in [0.1, 0.15) is 51.0 Å². The molecule has 4 heteroatoms. The van der Waals surface area contributed by atoms with Gasteiger partial charge in [-0.3, -0.25) is 4.79 Å². The Hall–Kier alpha value is -1.55. The number of nitrogens with one attached hydrogen (secondary N) is 1. The van der Waals surface area contributed by atoms with E-state index in [1.165, 1.54) is 5.56 Å². The van der Waals surface area contributed by atoms with Crippen molar-refractivity contribution in [1.82, 2.24) is 5.32 Å². The van der Waals surface area contributed by atoms with E-state index in [0.29, 0.717) is 19.1 Å². The van der Waals surface area contributed by atoms with Gasteiger partial charge < -0.3 is 15.8 Å². The SMILES string of the molecule is CC(C)c1ccc(OCCNC(=O)C2(N)CCCC2)cc1. The van der Waals surface area contributed by atoms with Gasteiger partial charge in [-0.05, 0) is 36.5 Å². The Morgan fingerprint density at radius 1 is 1.29 bits per heavy atom. The Kier molecular flexibility index (Phi) is 5.23. The second-order valence-corrected chi connectivity index (χ2v) is 6.19. The maximum atomic E-state index is 12.0. The molecule has 0 saturated heterocycles. The topological polar surface area (TPSA) is 64.3 Å². The van der Waals surface area contributed by atoms with Crippen LogP contribution < -0.4 is 15.8 Å². The highest BCUT2D eigenvalue weighted by Gasteiger charge is 2.36. The van der Waals surface area contributed by atoms with E-state index in [9.17, 15) is 4.79 Å². The largest absolute Gasteiger partial charge is 0.492 e. The third kappa shape index (κ3) is 4.21. The zero-order valence-electron chi connectivity index (χ0n) is 13.0. The van der Waals surface area contributed by atoms with E-state index < -0.39 is 5.54 Å². The molecular weight excluding hydrogens is 264 g/mol. The molecule has 1 aromatic rings. The van der Waals surface area contributed by atoms with Crippen LogP contribution in [0.4, 0.5) is 0 Å². The molecule has 0 heterocycles. The molecule has 116 valence electrons. The van der Waals surface area contributed by atoms with Crippen molar-refractivity contribution in [1.29, 1.82) is 0 Å². The second-order valence-electron chi connectivity index (χ2n) is 6.19. The number of nitrogens with two attached hydrogens (primary N) is 1. The number of benzene rings is 1. The second kappa shape index (κ2) is 6.94. The minimum absolute atomic E-state index is 0.0428. The molecule has 4 nitrogen and oxygen atoms in total. The Bertz CT molecular complexity index is 462. The van der Waals surface area contributed by atoms with Gasteiger partial charge in [-0.15, -0.1) is 0 Å². The summed E-state index contributed by atoms with van der Waals surface area (Å²) in [7, 11) is 0. The van der Waals surface area contributed by atoms with Crippen molar-refractivity contribution < 1.29 is 9.53 Å². The summed E-state index contributed by atoms with van der Waals surface area (Å²) in [5, 5.41) is 2.88. The molecule has 1 aliphatic carbocycles. The smallest absolute Gasteiger partial charge is 0.240 e. The molecule has 0 spiro atoms. The molecule has 0 atom stereocenters. The molecule has 21 heavy (non-hydrogen) atoms. The summed E-state index contributed by atoms with van der Waals surface area (Å²) in [6, 6.07) is 8.09. The van der Waals surface area contributed by atoms with Crippen LogP contribution in [0.3, 0.4) is 0 Å². The van der Waals surface area contributed by atoms with Crippen LogP contribution in [0.25, 0.3) is 0 Å². The number of ether oxygens (including phenoxy) is 1. The maximum absolute atomic E-state index is 12.0. The van der Waals surface area contributed by atoms with Gasteiger partial charge in [0.1, 0.15) is 12.4 Å². The first-order valence-electron chi connectivity index (χ1n) is 7.81. The molecule has 1 fully saturated rings. The molecule has 0 aliphatic heterocycles. The van der Waals surface area contributed by atoms with Crippen molar-refractivity contribution in [2.75, 3.05) is 13.2 Å².